The van der Waals surface area contributed by atoms with Gasteiger partial charge in [0.2, 0.25) is 5.91 Å². The highest BCUT2D eigenvalue weighted by Gasteiger charge is 2.40. The molecule has 0 bridgehead atoms. The van der Waals surface area contributed by atoms with Gasteiger partial charge in [-0.05, 0) is 44.4 Å². The maximum Gasteiger partial charge on any atom is 0.298 e. The summed E-state index contributed by atoms with van der Waals surface area (Å²) in [7, 11) is 0. The van der Waals surface area contributed by atoms with Crippen molar-refractivity contribution in [2.45, 2.75) is 45.1 Å². The summed E-state index contributed by atoms with van der Waals surface area (Å²) in [6, 6.07) is 6.68. The van der Waals surface area contributed by atoms with Gasteiger partial charge in [0.25, 0.3) is 6.01 Å². The largest absolute Gasteiger partial charge is 0.423 e. The van der Waals surface area contributed by atoms with E-state index in [0.29, 0.717) is 19.1 Å². The molecule has 0 spiro atoms. The molecular weight excluding hydrogens is 399 g/mol. The lowest BCUT2D eigenvalue weighted by molar-refractivity contribution is -0.139. The lowest BCUT2D eigenvalue weighted by Crippen LogP contribution is -2.57. The monoisotopic (exact) mass is 428 g/mol. The number of aryl methyl sites for hydroxylation is 1. The molecule has 6 nitrogen and oxygen atoms in total. The van der Waals surface area contributed by atoms with Crippen LogP contribution in [0.2, 0.25) is 0 Å². The molecule has 1 aromatic heterocycles. The first-order valence-electron chi connectivity index (χ1n) is 9.64. The summed E-state index contributed by atoms with van der Waals surface area (Å²) in [4.78, 5) is 21.7. The minimum atomic E-state index is -0.370. The molecule has 0 radical (unpaired) electrons. The summed E-state index contributed by atoms with van der Waals surface area (Å²) < 4.78 is 5.90. The molecule has 1 saturated heterocycles. The minimum Gasteiger partial charge on any atom is -0.423 e. The molecule has 2 heterocycles. The van der Waals surface area contributed by atoms with Crippen molar-refractivity contribution in [1.82, 2.24) is 9.88 Å². The molecule has 156 valence electrons. The molecule has 2 N–H and O–H groups in total. The fraction of sp³-hybridized carbons (Fsp3) is 0.600. The van der Waals surface area contributed by atoms with Crippen molar-refractivity contribution in [3.05, 3.63) is 23.8 Å². The zero-order valence-electron chi connectivity index (χ0n) is 16.5. The number of nitrogens with zero attached hydrogens (tertiary/aromatic N) is 3. The van der Waals surface area contributed by atoms with Crippen LogP contribution < -0.4 is 10.6 Å². The van der Waals surface area contributed by atoms with Crippen LogP contribution >= 0.6 is 24.8 Å². The number of nitrogens with two attached hydrogens (primary N) is 1. The van der Waals surface area contributed by atoms with E-state index in [9.17, 15) is 4.79 Å². The predicted octanol–water partition coefficient (Wildman–Crippen LogP) is 3.54. The fourth-order valence-corrected chi connectivity index (χ4v) is 4.26. The summed E-state index contributed by atoms with van der Waals surface area (Å²) in [5.74, 6) is 0.178. The van der Waals surface area contributed by atoms with Crippen LogP contribution in [0.15, 0.2) is 22.6 Å². The zero-order valence-corrected chi connectivity index (χ0v) is 18.2. The van der Waals surface area contributed by atoms with Gasteiger partial charge in [0.1, 0.15) is 5.52 Å². The fourth-order valence-electron chi connectivity index (χ4n) is 4.26. The van der Waals surface area contributed by atoms with E-state index >= 15 is 0 Å². The predicted molar refractivity (Wildman–Crippen MR) is 117 cm³/mol. The number of benzene rings is 1. The molecule has 2 unspecified atom stereocenters. The Kier molecular flexibility index (Phi) is 7.23. The third-order valence-electron chi connectivity index (χ3n) is 5.95. The molecule has 8 heteroatoms. The number of piperazine rings is 1. The summed E-state index contributed by atoms with van der Waals surface area (Å²) in [5.41, 5.74) is 8.92. The SMILES string of the molecule is Cc1ccc2oc(N3CCN(C(=O)C4CCCCC4(C)N)CC3)nc2c1.Cl.Cl. The first kappa shape index (κ1) is 22.8. The third-order valence-corrected chi connectivity index (χ3v) is 5.95. The van der Waals surface area contributed by atoms with Gasteiger partial charge >= 0.3 is 0 Å². The van der Waals surface area contributed by atoms with Gasteiger partial charge in [-0.15, -0.1) is 24.8 Å². The van der Waals surface area contributed by atoms with Crippen molar-refractivity contribution in [2.75, 3.05) is 31.1 Å². The normalized spacial score (nSPS) is 25.2. The van der Waals surface area contributed by atoms with E-state index in [4.69, 9.17) is 10.2 Å². The number of rotatable bonds is 2. The number of hydrogen-bond donors (Lipinski definition) is 1. The van der Waals surface area contributed by atoms with Crippen molar-refractivity contribution in [1.29, 1.82) is 0 Å². The molecule has 2 atom stereocenters. The van der Waals surface area contributed by atoms with Crippen LogP contribution in [0.25, 0.3) is 11.1 Å². The van der Waals surface area contributed by atoms with E-state index in [2.05, 4.69) is 16.8 Å². The number of oxazole rings is 1. The zero-order chi connectivity index (χ0) is 18.3. The second-order valence-corrected chi connectivity index (χ2v) is 8.08. The number of fused-ring (bicyclic) bond motifs is 1. The van der Waals surface area contributed by atoms with Gasteiger partial charge in [0.05, 0.1) is 5.92 Å². The molecule has 28 heavy (non-hydrogen) atoms. The van der Waals surface area contributed by atoms with Gasteiger partial charge in [0.15, 0.2) is 5.58 Å². The van der Waals surface area contributed by atoms with Crippen molar-refractivity contribution >= 4 is 47.8 Å². The van der Waals surface area contributed by atoms with Gasteiger partial charge in [-0.25, -0.2) is 0 Å². The summed E-state index contributed by atoms with van der Waals surface area (Å²) in [6.45, 7) is 6.96. The summed E-state index contributed by atoms with van der Waals surface area (Å²) in [5, 5.41) is 0. The Bertz CT molecular complexity index is 816. The standard InChI is InChI=1S/C20H28N4O2.2ClH/c1-14-6-7-17-16(13-14)22-19(26-17)24-11-9-23(10-12-24)18(25)15-5-3-4-8-20(15,2)21;;/h6-7,13,15H,3-5,8-12,21H2,1-2H3;2*1H. The van der Waals surface area contributed by atoms with Gasteiger partial charge in [-0.1, -0.05) is 18.9 Å². The third kappa shape index (κ3) is 4.39. The van der Waals surface area contributed by atoms with E-state index in [1.54, 1.807) is 0 Å². The van der Waals surface area contributed by atoms with Gasteiger partial charge < -0.3 is 20.0 Å². The Balaban J connectivity index is 0.00000140. The molecule has 1 aliphatic carbocycles. The molecule has 1 aromatic carbocycles. The number of anilines is 1. The van der Waals surface area contributed by atoms with Crippen molar-refractivity contribution < 1.29 is 9.21 Å². The summed E-state index contributed by atoms with van der Waals surface area (Å²) in [6.07, 6.45) is 4.08. The van der Waals surface area contributed by atoms with Crippen LogP contribution in [-0.2, 0) is 4.79 Å². The minimum absolute atomic E-state index is 0. The quantitative estimate of drug-likeness (QED) is 0.791. The van der Waals surface area contributed by atoms with Crippen LogP contribution in [0, 0.1) is 12.8 Å². The van der Waals surface area contributed by atoms with E-state index in [0.717, 1.165) is 49.9 Å². The lowest BCUT2D eigenvalue weighted by Gasteiger charge is -2.42. The number of carbonyl (C=O) groups is 1. The molecular formula is C20H30Cl2N4O2. The number of carbonyl (C=O) groups excluding carboxylic acids is 1. The highest BCUT2D eigenvalue weighted by Crippen LogP contribution is 2.33. The Labute approximate surface area is 178 Å². The van der Waals surface area contributed by atoms with Gasteiger partial charge in [0, 0.05) is 31.7 Å². The number of aromatic nitrogens is 1. The van der Waals surface area contributed by atoms with Gasteiger partial charge in [-0.2, -0.15) is 4.98 Å². The van der Waals surface area contributed by atoms with Crippen LogP contribution in [0.1, 0.15) is 38.2 Å². The second-order valence-electron chi connectivity index (χ2n) is 8.08. The Morgan fingerprint density at radius 2 is 1.93 bits per heavy atom. The van der Waals surface area contributed by atoms with Crippen LogP contribution in [-0.4, -0.2) is 47.5 Å². The smallest absolute Gasteiger partial charge is 0.298 e. The molecule has 1 aliphatic heterocycles. The van der Waals surface area contributed by atoms with Crippen LogP contribution in [0.4, 0.5) is 6.01 Å². The molecule has 2 aliphatic rings. The van der Waals surface area contributed by atoms with Crippen LogP contribution in [0.5, 0.6) is 0 Å². The number of hydrogen-bond acceptors (Lipinski definition) is 5. The Hall–Kier alpha value is -1.50. The molecule has 2 aromatic rings. The average Bonchev–Trinajstić information content (AvgIpc) is 3.04. The maximum atomic E-state index is 13.0. The number of halogens is 2. The Morgan fingerprint density at radius 3 is 2.61 bits per heavy atom. The van der Waals surface area contributed by atoms with Crippen LogP contribution in [0.3, 0.4) is 0 Å². The Morgan fingerprint density at radius 1 is 1.21 bits per heavy atom. The van der Waals surface area contributed by atoms with Crippen molar-refractivity contribution in [3.8, 4) is 0 Å². The first-order chi connectivity index (χ1) is 12.4. The second kappa shape index (κ2) is 8.89. The molecule has 2 fully saturated rings. The maximum absolute atomic E-state index is 13.0. The van der Waals surface area contributed by atoms with Crippen molar-refractivity contribution in [3.63, 3.8) is 0 Å². The lowest BCUT2D eigenvalue weighted by atomic mass is 9.74. The number of amides is 1. The van der Waals surface area contributed by atoms with E-state index < -0.39 is 0 Å². The van der Waals surface area contributed by atoms with Crippen molar-refractivity contribution in [2.24, 2.45) is 11.7 Å². The highest BCUT2D eigenvalue weighted by atomic mass is 35.5. The molecule has 4 rings (SSSR count). The first-order valence-corrected chi connectivity index (χ1v) is 9.64. The molecule has 1 saturated carbocycles. The average molecular weight is 429 g/mol. The van der Waals surface area contributed by atoms with E-state index in [-0.39, 0.29) is 42.2 Å². The van der Waals surface area contributed by atoms with E-state index in [1.807, 2.05) is 30.0 Å². The topological polar surface area (TPSA) is 75.6 Å². The highest BCUT2D eigenvalue weighted by molar-refractivity contribution is 5.85. The summed E-state index contributed by atoms with van der Waals surface area (Å²) >= 11 is 0. The van der Waals surface area contributed by atoms with Gasteiger partial charge in [-0.3, -0.25) is 4.79 Å². The van der Waals surface area contributed by atoms with E-state index in [1.165, 1.54) is 5.56 Å². The molecule has 1 amide bonds.